The largest absolute Gasteiger partial charge is 0.492 e. The van der Waals surface area contributed by atoms with E-state index in [1.54, 1.807) is 12.1 Å². The molecule has 0 fully saturated rings. The number of rotatable bonds is 2. The van der Waals surface area contributed by atoms with E-state index in [0.29, 0.717) is 28.3 Å². The first-order valence-electron chi connectivity index (χ1n) is 6.11. The van der Waals surface area contributed by atoms with Gasteiger partial charge in [-0.1, -0.05) is 6.07 Å². The maximum Gasteiger partial charge on any atom is 0.208 e. The van der Waals surface area contributed by atoms with Gasteiger partial charge in [0, 0.05) is 16.8 Å². The third-order valence-electron chi connectivity index (χ3n) is 3.49. The van der Waals surface area contributed by atoms with Gasteiger partial charge in [-0.2, -0.15) is 0 Å². The Morgan fingerprint density at radius 3 is 2.24 bits per heavy atom. The van der Waals surface area contributed by atoms with Crippen LogP contribution in [0.1, 0.15) is 0 Å². The van der Waals surface area contributed by atoms with E-state index < -0.39 is 9.84 Å². The molecule has 2 aromatic carbocycles. The van der Waals surface area contributed by atoms with Crippen molar-refractivity contribution in [3.05, 3.63) is 24.3 Å². The quantitative estimate of drug-likeness (QED) is 0.698. The summed E-state index contributed by atoms with van der Waals surface area (Å²) in [4.78, 5) is 0.265. The van der Waals surface area contributed by atoms with E-state index in [9.17, 15) is 8.42 Å². The molecule has 1 aliphatic heterocycles. The second-order valence-electron chi connectivity index (χ2n) is 4.66. The zero-order valence-electron chi connectivity index (χ0n) is 11.5. The molecule has 7 heteroatoms. The first-order chi connectivity index (χ1) is 9.91. The molecule has 3 rings (SSSR count). The first kappa shape index (κ1) is 13.6. The number of methoxy groups -OCH3 is 2. The lowest BCUT2D eigenvalue weighted by Gasteiger charge is -2.14. The summed E-state index contributed by atoms with van der Waals surface area (Å²) >= 11 is 0. The van der Waals surface area contributed by atoms with Gasteiger partial charge >= 0.3 is 0 Å². The fraction of sp³-hybridized carbons (Fsp3) is 0.143. The van der Waals surface area contributed by atoms with Crippen molar-refractivity contribution < 1.29 is 17.9 Å². The van der Waals surface area contributed by atoms with Crippen molar-refractivity contribution in [2.24, 2.45) is 0 Å². The number of hydrogen-bond acceptors (Lipinski definition) is 6. The highest BCUT2D eigenvalue weighted by Crippen LogP contribution is 2.53. The maximum absolute atomic E-state index is 12.6. The third kappa shape index (κ3) is 1.67. The Kier molecular flexibility index (Phi) is 2.77. The highest BCUT2D eigenvalue weighted by atomic mass is 32.2. The summed E-state index contributed by atoms with van der Waals surface area (Å²) in [5.41, 5.74) is 13.1. The lowest BCUT2D eigenvalue weighted by Crippen LogP contribution is -2.02. The van der Waals surface area contributed by atoms with Crippen LogP contribution in [0.15, 0.2) is 34.1 Å². The van der Waals surface area contributed by atoms with Crippen LogP contribution in [0, 0.1) is 0 Å². The van der Waals surface area contributed by atoms with E-state index in [-0.39, 0.29) is 15.5 Å². The molecule has 0 atom stereocenters. The van der Waals surface area contributed by atoms with Gasteiger partial charge in [0.2, 0.25) is 9.84 Å². The van der Waals surface area contributed by atoms with Crippen LogP contribution in [0.4, 0.5) is 11.4 Å². The standard InChI is InChI=1S/C14H14N2O4S/c1-19-13-9(16)6-11-12(14(13)20-2)8-4-3-7(15)5-10(8)21(11,17)18/h3-6H,15-16H2,1-2H3. The van der Waals surface area contributed by atoms with Gasteiger partial charge in [-0.15, -0.1) is 0 Å². The molecule has 0 saturated heterocycles. The second-order valence-corrected chi connectivity index (χ2v) is 6.55. The third-order valence-corrected chi connectivity index (χ3v) is 5.31. The van der Waals surface area contributed by atoms with E-state index in [1.807, 2.05) is 0 Å². The summed E-state index contributed by atoms with van der Waals surface area (Å²) in [5.74, 6) is 0.621. The summed E-state index contributed by atoms with van der Waals surface area (Å²) in [6.07, 6.45) is 0. The van der Waals surface area contributed by atoms with E-state index in [0.717, 1.165) is 0 Å². The molecule has 0 radical (unpaired) electrons. The minimum atomic E-state index is -3.66. The molecule has 0 bridgehead atoms. The maximum atomic E-state index is 12.6. The Labute approximate surface area is 122 Å². The molecule has 110 valence electrons. The molecule has 4 N–H and O–H groups in total. The van der Waals surface area contributed by atoms with Crippen molar-refractivity contribution in [2.75, 3.05) is 25.7 Å². The fourth-order valence-electron chi connectivity index (χ4n) is 2.59. The number of hydrogen-bond donors (Lipinski definition) is 2. The highest BCUT2D eigenvalue weighted by molar-refractivity contribution is 7.92. The fourth-order valence-corrected chi connectivity index (χ4v) is 4.34. The van der Waals surface area contributed by atoms with Crippen molar-refractivity contribution in [1.29, 1.82) is 0 Å². The van der Waals surface area contributed by atoms with Crippen LogP contribution >= 0.6 is 0 Å². The predicted molar refractivity (Wildman–Crippen MR) is 79.3 cm³/mol. The Morgan fingerprint density at radius 2 is 1.62 bits per heavy atom. The van der Waals surface area contributed by atoms with Crippen LogP contribution in [0.5, 0.6) is 11.5 Å². The molecule has 0 saturated carbocycles. The molecular formula is C14H14N2O4S. The molecule has 0 unspecified atom stereocenters. The molecular weight excluding hydrogens is 292 g/mol. The molecule has 0 spiro atoms. The number of ether oxygens (including phenoxy) is 2. The van der Waals surface area contributed by atoms with Crippen molar-refractivity contribution in [3.63, 3.8) is 0 Å². The molecule has 0 aromatic heterocycles. The Balaban J connectivity index is 2.50. The number of nitrogen functional groups attached to an aromatic ring is 2. The van der Waals surface area contributed by atoms with E-state index in [1.165, 1.54) is 26.4 Å². The minimum Gasteiger partial charge on any atom is -0.492 e. The smallest absolute Gasteiger partial charge is 0.208 e. The lowest BCUT2D eigenvalue weighted by molar-refractivity contribution is 0.357. The van der Waals surface area contributed by atoms with Gasteiger partial charge in [0.1, 0.15) is 0 Å². The molecule has 1 aliphatic rings. The molecule has 0 aliphatic carbocycles. The van der Waals surface area contributed by atoms with Crippen LogP contribution in [0.3, 0.4) is 0 Å². The van der Waals surface area contributed by atoms with Gasteiger partial charge in [-0.3, -0.25) is 0 Å². The number of benzene rings is 2. The molecule has 6 nitrogen and oxygen atoms in total. The predicted octanol–water partition coefficient (Wildman–Crippen LogP) is 1.68. The second kappa shape index (κ2) is 4.29. The van der Waals surface area contributed by atoms with E-state index in [4.69, 9.17) is 20.9 Å². The van der Waals surface area contributed by atoms with Crippen molar-refractivity contribution in [3.8, 4) is 22.6 Å². The first-order valence-corrected chi connectivity index (χ1v) is 7.59. The minimum absolute atomic E-state index is 0.109. The van der Waals surface area contributed by atoms with Crippen molar-refractivity contribution >= 4 is 21.2 Å². The number of sulfone groups is 1. The zero-order valence-corrected chi connectivity index (χ0v) is 12.3. The molecule has 0 amide bonds. The van der Waals surface area contributed by atoms with Gasteiger partial charge < -0.3 is 20.9 Å². The topological polar surface area (TPSA) is 105 Å². The average molecular weight is 306 g/mol. The summed E-state index contributed by atoms with van der Waals surface area (Å²) in [6.45, 7) is 0. The van der Waals surface area contributed by atoms with Crippen molar-refractivity contribution in [2.45, 2.75) is 9.79 Å². The van der Waals surface area contributed by atoms with Crippen LogP contribution < -0.4 is 20.9 Å². The number of fused-ring (bicyclic) bond motifs is 3. The van der Waals surface area contributed by atoms with Gasteiger partial charge in [-0.05, 0) is 18.2 Å². The van der Waals surface area contributed by atoms with Crippen LogP contribution in [0.2, 0.25) is 0 Å². The lowest BCUT2D eigenvalue weighted by atomic mass is 10.0. The highest BCUT2D eigenvalue weighted by Gasteiger charge is 2.37. The van der Waals surface area contributed by atoms with Crippen molar-refractivity contribution in [1.82, 2.24) is 0 Å². The summed E-state index contributed by atoms with van der Waals surface area (Å²) in [5, 5.41) is 0. The summed E-state index contributed by atoms with van der Waals surface area (Å²) < 4.78 is 35.8. The van der Waals surface area contributed by atoms with E-state index >= 15 is 0 Å². The van der Waals surface area contributed by atoms with Gasteiger partial charge in [-0.25, -0.2) is 8.42 Å². The molecule has 21 heavy (non-hydrogen) atoms. The Bertz CT molecular complexity index is 860. The normalized spacial score (nSPS) is 14.4. The Morgan fingerprint density at radius 1 is 0.952 bits per heavy atom. The number of nitrogens with two attached hydrogens (primary N) is 2. The van der Waals surface area contributed by atoms with Crippen LogP contribution in [-0.2, 0) is 9.84 Å². The van der Waals surface area contributed by atoms with Crippen LogP contribution in [0.25, 0.3) is 11.1 Å². The SMILES string of the molecule is COc1c(N)cc2c(c1OC)-c1ccc(N)cc1S2(=O)=O. The summed E-state index contributed by atoms with van der Waals surface area (Å²) in [6, 6.07) is 6.13. The zero-order chi connectivity index (χ0) is 15.4. The average Bonchev–Trinajstić information content (AvgIpc) is 2.66. The Hall–Kier alpha value is -2.41. The molecule has 1 heterocycles. The van der Waals surface area contributed by atoms with Crippen LogP contribution in [-0.4, -0.2) is 22.6 Å². The van der Waals surface area contributed by atoms with E-state index in [2.05, 4.69) is 0 Å². The molecule has 2 aromatic rings. The van der Waals surface area contributed by atoms with Gasteiger partial charge in [0.05, 0.1) is 29.7 Å². The number of anilines is 2. The monoisotopic (exact) mass is 306 g/mol. The summed E-state index contributed by atoms with van der Waals surface area (Å²) in [7, 11) is -0.767. The van der Waals surface area contributed by atoms with Gasteiger partial charge in [0.15, 0.2) is 11.5 Å². The van der Waals surface area contributed by atoms with Gasteiger partial charge in [0.25, 0.3) is 0 Å².